The van der Waals surface area contributed by atoms with Gasteiger partial charge in [-0.15, -0.1) is 0 Å². The number of hydrogen-bond acceptors (Lipinski definition) is 3. The van der Waals surface area contributed by atoms with E-state index in [4.69, 9.17) is 5.73 Å². The summed E-state index contributed by atoms with van der Waals surface area (Å²) in [6, 6.07) is 3.48. The van der Waals surface area contributed by atoms with E-state index in [2.05, 4.69) is 11.6 Å². The van der Waals surface area contributed by atoms with Crippen LogP contribution in [-0.4, -0.2) is 14.5 Å². The third kappa shape index (κ3) is 3.70. The highest BCUT2D eigenvalue weighted by Gasteiger charge is 2.25. The number of nitrogens with two attached hydrogens (primary N) is 1. The monoisotopic (exact) mass is 300 g/mol. The standard InChI is InChI=1S/C14H21FN2O2S/c1-10-3-2-4-12(7-5-10)17-20(18,19)14-9-11(16)6-8-13(14)15/h6,8-10,12,17H,2-5,7,16H2,1H3. The van der Waals surface area contributed by atoms with E-state index in [-0.39, 0.29) is 16.6 Å². The fourth-order valence-electron chi connectivity index (χ4n) is 2.61. The van der Waals surface area contributed by atoms with Crippen LogP contribution in [0.3, 0.4) is 0 Å². The number of nitrogens with one attached hydrogen (secondary N) is 1. The average molecular weight is 300 g/mol. The topological polar surface area (TPSA) is 72.2 Å². The van der Waals surface area contributed by atoms with Crippen molar-refractivity contribution in [1.29, 1.82) is 0 Å². The van der Waals surface area contributed by atoms with Gasteiger partial charge in [-0.3, -0.25) is 0 Å². The molecule has 0 spiro atoms. The first-order chi connectivity index (χ1) is 9.38. The lowest BCUT2D eigenvalue weighted by Gasteiger charge is -2.17. The minimum Gasteiger partial charge on any atom is -0.399 e. The molecule has 2 rings (SSSR count). The van der Waals surface area contributed by atoms with E-state index in [1.807, 2.05) is 0 Å². The van der Waals surface area contributed by atoms with Gasteiger partial charge in [0.15, 0.2) is 0 Å². The maximum atomic E-state index is 13.7. The summed E-state index contributed by atoms with van der Waals surface area (Å²) in [6.45, 7) is 2.18. The molecule has 4 nitrogen and oxygen atoms in total. The fraction of sp³-hybridized carbons (Fsp3) is 0.571. The Morgan fingerprint density at radius 1 is 1.25 bits per heavy atom. The Bertz CT molecular complexity index is 575. The van der Waals surface area contributed by atoms with Crippen molar-refractivity contribution in [3.63, 3.8) is 0 Å². The first-order valence-electron chi connectivity index (χ1n) is 6.96. The van der Waals surface area contributed by atoms with Crippen molar-refractivity contribution in [2.75, 3.05) is 5.73 Å². The molecule has 0 aliphatic heterocycles. The molecule has 3 N–H and O–H groups in total. The molecule has 0 saturated heterocycles. The summed E-state index contributed by atoms with van der Waals surface area (Å²) in [5.41, 5.74) is 5.78. The Hall–Kier alpha value is -1.14. The van der Waals surface area contributed by atoms with Crippen LogP contribution in [0.1, 0.15) is 39.0 Å². The summed E-state index contributed by atoms with van der Waals surface area (Å²) in [4.78, 5) is -0.366. The lowest BCUT2D eigenvalue weighted by Crippen LogP contribution is -2.35. The smallest absolute Gasteiger partial charge is 0.243 e. The van der Waals surface area contributed by atoms with Crippen molar-refractivity contribution in [3.05, 3.63) is 24.0 Å². The largest absolute Gasteiger partial charge is 0.399 e. The van der Waals surface area contributed by atoms with Crippen LogP contribution >= 0.6 is 0 Å². The van der Waals surface area contributed by atoms with Crippen LogP contribution < -0.4 is 10.5 Å². The zero-order chi connectivity index (χ0) is 14.8. The number of rotatable bonds is 3. The molecule has 1 saturated carbocycles. The van der Waals surface area contributed by atoms with E-state index in [1.165, 1.54) is 6.07 Å². The molecule has 2 unspecified atom stereocenters. The minimum atomic E-state index is -3.85. The Labute approximate surface area is 119 Å². The van der Waals surface area contributed by atoms with Gasteiger partial charge in [-0.1, -0.05) is 19.8 Å². The molecule has 112 valence electrons. The van der Waals surface area contributed by atoms with Crippen LogP contribution in [0.25, 0.3) is 0 Å². The Balaban J connectivity index is 2.16. The predicted molar refractivity (Wildman–Crippen MR) is 77.2 cm³/mol. The summed E-state index contributed by atoms with van der Waals surface area (Å²) < 4.78 is 40.8. The number of hydrogen-bond donors (Lipinski definition) is 2. The Morgan fingerprint density at radius 2 is 2.00 bits per heavy atom. The van der Waals surface area contributed by atoms with Crippen LogP contribution in [0.5, 0.6) is 0 Å². The van der Waals surface area contributed by atoms with Gasteiger partial charge in [-0.05, 0) is 43.4 Å². The molecular formula is C14H21FN2O2S. The molecule has 1 aromatic carbocycles. The van der Waals surface area contributed by atoms with Crippen molar-refractivity contribution < 1.29 is 12.8 Å². The lowest BCUT2D eigenvalue weighted by atomic mass is 10.0. The molecule has 1 aliphatic carbocycles. The molecule has 0 amide bonds. The molecule has 2 atom stereocenters. The highest BCUT2D eigenvalue weighted by molar-refractivity contribution is 7.89. The van der Waals surface area contributed by atoms with Crippen molar-refractivity contribution in [1.82, 2.24) is 4.72 Å². The van der Waals surface area contributed by atoms with Crippen molar-refractivity contribution in [2.24, 2.45) is 5.92 Å². The van der Waals surface area contributed by atoms with Crippen LogP contribution in [0, 0.1) is 11.7 Å². The maximum absolute atomic E-state index is 13.7. The van der Waals surface area contributed by atoms with E-state index < -0.39 is 15.8 Å². The molecule has 20 heavy (non-hydrogen) atoms. The average Bonchev–Trinajstić information content (AvgIpc) is 2.57. The highest BCUT2D eigenvalue weighted by Crippen LogP contribution is 2.25. The number of nitrogen functional groups attached to an aromatic ring is 1. The zero-order valence-electron chi connectivity index (χ0n) is 11.6. The minimum absolute atomic E-state index is 0.120. The highest BCUT2D eigenvalue weighted by atomic mass is 32.2. The molecular weight excluding hydrogens is 279 g/mol. The van der Waals surface area contributed by atoms with E-state index in [9.17, 15) is 12.8 Å². The quantitative estimate of drug-likeness (QED) is 0.666. The molecule has 1 aromatic rings. The second-order valence-electron chi connectivity index (χ2n) is 5.62. The van der Waals surface area contributed by atoms with Gasteiger partial charge in [0.1, 0.15) is 10.7 Å². The second-order valence-corrected chi connectivity index (χ2v) is 7.30. The molecule has 0 radical (unpaired) electrons. The first-order valence-corrected chi connectivity index (χ1v) is 8.44. The third-order valence-electron chi connectivity index (χ3n) is 3.82. The van der Waals surface area contributed by atoms with E-state index in [0.717, 1.165) is 44.2 Å². The zero-order valence-corrected chi connectivity index (χ0v) is 12.4. The van der Waals surface area contributed by atoms with Crippen LogP contribution in [0.2, 0.25) is 0 Å². The summed E-state index contributed by atoms with van der Waals surface area (Å²) in [5.74, 6) is -0.151. The van der Waals surface area contributed by atoms with Gasteiger partial charge in [0, 0.05) is 11.7 Å². The van der Waals surface area contributed by atoms with Crippen molar-refractivity contribution in [3.8, 4) is 0 Å². The summed E-state index contributed by atoms with van der Waals surface area (Å²) >= 11 is 0. The molecule has 0 bridgehead atoms. The number of anilines is 1. The molecule has 0 heterocycles. The van der Waals surface area contributed by atoms with Crippen molar-refractivity contribution >= 4 is 15.7 Å². The normalized spacial score (nSPS) is 24.3. The number of benzene rings is 1. The van der Waals surface area contributed by atoms with Crippen LogP contribution in [-0.2, 0) is 10.0 Å². The first kappa shape index (κ1) is 15.3. The van der Waals surface area contributed by atoms with Gasteiger partial charge in [-0.2, -0.15) is 0 Å². The van der Waals surface area contributed by atoms with Gasteiger partial charge in [0.25, 0.3) is 0 Å². The second kappa shape index (κ2) is 6.10. The summed E-state index contributed by atoms with van der Waals surface area (Å²) in [7, 11) is -3.85. The van der Waals surface area contributed by atoms with Gasteiger partial charge in [0.2, 0.25) is 10.0 Å². The van der Waals surface area contributed by atoms with Crippen LogP contribution in [0.15, 0.2) is 23.1 Å². The Kier molecular flexibility index (Phi) is 4.65. The van der Waals surface area contributed by atoms with Crippen molar-refractivity contribution in [2.45, 2.75) is 50.0 Å². The van der Waals surface area contributed by atoms with Gasteiger partial charge >= 0.3 is 0 Å². The molecule has 1 aliphatic rings. The maximum Gasteiger partial charge on any atom is 0.243 e. The summed E-state index contributed by atoms with van der Waals surface area (Å²) in [6.07, 6.45) is 4.70. The third-order valence-corrected chi connectivity index (χ3v) is 5.36. The van der Waals surface area contributed by atoms with Gasteiger partial charge in [0.05, 0.1) is 0 Å². The molecule has 0 aromatic heterocycles. The fourth-order valence-corrected chi connectivity index (χ4v) is 4.03. The van der Waals surface area contributed by atoms with Gasteiger partial charge < -0.3 is 5.73 Å². The predicted octanol–water partition coefficient (Wildman–Crippen LogP) is 2.66. The summed E-state index contributed by atoms with van der Waals surface area (Å²) in [5, 5.41) is 0. The Morgan fingerprint density at radius 3 is 2.75 bits per heavy atom. The number of halogens is 1. The lowest BCUT2D eigenvalue weighted by molar-refractivity contribution is 0.482. The number of sulfonamides is 1. The van der Waals surface area contributed by atoms with E-state index in [0.29, 0.717) is 5.92 Å². The SMILES string of the molecule is CC1CCCC(NS(=O)(=O)c2cc(N)ccc2F)CC1. The van der Waals surface area contributed by atoms with E-state index in [1.54, 1.807) is 0 Å². The van der Waals surface area contributed by atoms with Crippen LogP contribution in [0.4, 0.5) is 10.1 Å². The molecule has 1 fully saturated rings. The van der Waals surface area contributed by atoms with Gasteiger partial charge in [-0.25, -0.2) is 17.5 Å². The van der Waals surface area contributed by atoms with E-state index >= 15 is 0 Å². The molecule has 6 heteroatoms.